The number of carbonyl (C=O) groups excluding carboxylic acids is 1. The van der Waals surface area contributed by atoms with Crippen LogP contribution in [0.2, 0.25) is 0 Å². The highest BCUT2D eigenvalue weighted by atomic mass is 32.2. The molecule has 2 rings (SSSR count). The molecule has 0 aromatic heterocycles. The largest absolute Gasteiger partial charge is 0.341 e. The second-order valence-corrected chi connectivity index (χ2v) is 6.79. The van der Waals surface area contributed by atoms with E-state index in [4.69, 9.17) is 0 Å². The summed E-state index contributed by atoms with van der Waals surface area (Å²) in [6.07, 6.45) is 1.44. The lowest BCUT2D eigenvalue weighted by Crippen LogP contribution is -2.26. The minimum Gasteiger partial charge on any atom is -0.341 e. The van der Waals surface area contributed by atoms with Gasteiger partial charge in [0.1, 0.15) is 0 Å². The number of hydrogen-bond acceptors (Lipinski definition) is 3. The fraction of sp³-hybridized carbons (Fsp3) is 0.105. The van der Waals surface area contributed by atoms with Crippen molar-refractivity contribution in [3.8, 4) is 11.8 Å². The maximum atomic E-state index is 12.1. The van der Waals surface area contributed by atoms with Gasteiger partial charge in [-0.25, -0.2) is 13.1 Å². The molecule has 5 nitrogen and oxygen atoms in total. The minimum absolute atomic E-state index is 0.0253. The normalized spacial score (nSPS) is 10.4. The van der Waals surface area contributed by atoms with Gasteiger partial charge in [-0.1, -0.05) is 42.2 Å². The van der Waals surface area contributed by atoms with Crippen LogP contribution in [0, 0.1) is 11.8 Å². The molecule has 0 fully saturated rings. The van der Waals surface area contributed by atoms with Gasteiger partial charge in [-0.3, -0.25) is 4.79 Å². The van der Waals surface area contributed by atoms with Crippen LogP contribution in [0.3, 0.4) is 0 Å². The van der Waals surface area contributed by atoms with Crippen molar-refractivity contribution in [1.29, 1.82) is 0 Å². The second kappa shape index (κ2) is 8.83. The Morgan fingerprint density at radius 2 is 1.88 bits per heavy atom. The Balaban J connectivity index is 2.02. The molecule has 128 valence electrons. The van der Waals surface area contributed by atoms with Crippen molar-refractivity contribution in [3.05, 3.63) is 78.4 Å². The van der Waals surface area contributed by atoms with Crippen molar-refractivity contribution in [2.45, 2.75) is 4.90 Å². The van der Waals surface area contributed by atoms with E-state index in [0.29, 0.717) is 0 Å². The SMILES string of the molecule is C=CCNS(=O)(=O)c1cccc(C(=O)NCC#Cc2ccccc2)c1. The number of hydrogen-bond donors (Lipinski definition) is 2. The average Bonchev–Trinajstić information content (AvgIpc) is 2.64. The number of rotatable bonds is 6. The van der Waals surface area contributed by atoms with Crippen LogP contribution in [-0.4, -0.2) is 27.4 Å². The summed E-state index contributed by atoms with van der Waals surface area (Å²) < 4.78 is 26.5. The highest BCUT2D eigenvalue weighted by molar-refractivity contribution is 7.89. The summed E-state index contributed by atoms with van der Waals surface area (Å²) in [5, 5.41) is 2.65. The topological polar surface area (TPSA) is 75.3 Å². The van der Waals surface area contributed by atoms with Gasteiger partial charge in [0.2, 0.25) is 10.0 Å². The van der Waals surface area contributed by atoms with Crippen LogP contribution < -0.4 is 10.0 Å². The van der Waals surface area contributed by atoms with E-state index in [2.05, 4.69) is 28.5 Å². The van der Waals surface area contributed by atoms with Crippen LogP contribution in [0.5, 0.6) is 0 Å². The maximum Gasteiger partial charge on any atom is 0.252 e. The van der Waals surface area contributed by atoms with Gasteiger partial charge >= 0.3 is 0 Å². The van der Waals surface area contributed by atoms with E-state index in [9.17, 15) is 13.2 Å². The van der Waals surface area contributed by atoms with Crippen LogP contribution in [0.25, 0.3) is 0 Å². The molecule has 0 spiro atoms. The van der Waals surface area contributed by atoms with Crippen LogP contribution >= 0.6 is 0 Å². The fourth-order valence-electron chi connectivity index (χ4n) is 1.95. The third-order valence-electron chi connectivity index (χ3n) is 3.17. The minimum atomic E-state index is -3.67. The van der Waals surface area contributed by atoms with Crippen molar-refractivity contribution in [1.82, 2.24) is 10.0 Å². The number of sulfonamides is 1. The zero-order valence-corrected chi connectivity index (χ0v) is 14.3. The van der Waals surface area contributed by atoms with E-state index in [-0.39, 0.29) is 29.5 Å². The molecule has 2 aromatic rings. The van der Waals surface area contributed by atoms with E-state index in [1.165, 1.54) is 24.3 Å². The molecular weight excluding hydrogens is 336 g/mol. The lowest BCUT2D eigenvalue weighted by atomic mass is 10.2. The second-order valence-electron chi connectivity index (χ2n) is 5.02. The predicted molar refractivity (Wildman–Crippen MR) is 97.5 cm³/mol. The number of carbonyl (C=O) groups is 1. The van der Waals surface area contributed by atoms with Crippen molar-refractivity contribution in [2.75, 3.05) is 13.1 Å². The Morgan fingerprint density at radius 3 is 2.60 bits per heavy atom. The molecule has 25 heavy (non-hydrogen) atoms. The van der Waals surface area contributed by atoms with Gasteiger partial charge < -0.3 is 5.32 Å². The molecule has 0 saturated heterocycles. The molecule has 2 aromatic carbocycles. The lowest BCUT2D eigenvalue weighted by molar-refractivity contribution is 0.0958. The Bertz CT molecular complexity index is 910. The van der Waals surface area contributed by atoms with E-state index >= 15 is 0 Å². The third kappa shape index (κ3) is 5.60. The summed E-state index contributed by atoms with van der Waals surface area (Å²) in [5.74, 6) is 5.40. The highest BCUT2D eigenvalue weighted by Gasteiger charge is 2.15. The van der Waals surface area contributed by atoms with E-state index in [1.54, 1.807) is 6.07 Å². The zero-order chi connectivity index (χ0) is 18.1. The first kappa shape index (κ1) is 18.5. The van der Waals surface area contributed by atoms with Gasteiger partial charge in [-0.2, -0.15) is 0 Å². The first-order valence-electron chi connectivity index (χ1n) is 7.55. The van der Waals surface area contributed by atoms with Crippen LogP contribution in [0.15, 0.2) is 72.1 Å². The standard InChI is InChI=1S/C19H18N2O3S/c1-2-13-21-25(23,24)18-12-6-11-17(15-18)19(22)20-14-7-10-16-8-4-3-5-9-16/h2-6,8-9,11-12,15,21H,1,13-14H2,(H,20,22). The molecule has 1 amide bonds. The Morgan fingerprint density at radius 1 is 1.12 bits per heavy atom. The highest BCUT2D eigenvalue weighted by Crippen LogP contribution is 2.11. The van der Waals surface area contributed by atoms with E-state index < -0.39 is 10.0 Å². The summed E-state index contributed by atoms with van der Waals surface area (Å²) in [6, 6.07) is 15.2. The van der Waals surface area contributed by atoms with Gasteiger partial charge in [0.25, 0.3) is 5.91 Å². The summed E-state index contributed by atoms with van der Waals surface area (Å²) >= 11 is 0. The molecule has 0 aliphatic carbocycles. The van der Waals surface area contributed by atoms with Crippen molar-refractivity contribution in [2.24, 2.45) is 0 Å². The number of nitrogens with one attached hydrogen (secondary N) is 2. The quantitative estimate of drug-likeness (QED) is 0.615. The molecule has 0 aliphatic heterocycles. The Hall–Kier alpha value is -2.88. The molecule has 0 atom stereocenters. The molecule has 0 saturated carbocycles. The number of amides is 1. The molecule has 0 unspecified atom stereocenters. The average molecular weight is 354 g/mol. The van der Waals surface area contributed by atoms with Crippen molar-refractivity contribution in [3.63, 3.8) is 0 Å². The van der Waals surface area contributed by atoms with Gasteiger partial charge in [-0.15, -0.1) is 6.58 Å². The van der Waals surface area contributed by atoms with Gasteiger partial charge in [-0.05, 0) is 30.3 Å². The molecule has 0 radical (unpaired) electrons. The van der Waals surface area contributed by atoms with E-state index in [0.717, 1.165) is 5.56 Å². The first-order chi connectivity index (χ1) is 12.0. The van der Waals surface area contributed by atoms with Crippen LogP contribution in [-0.2, 0) is 10.0 Å². The zero-order valence-electron chi connectivity index (χ0n) is 13.5. The third-order valence-corrected chi connectivity index (χ3v) is 4.59. The smallest absolute Gasteiger partial charge is 0.252 e. The monoisotopic (exact) mass is 354 g/mol. The van der Waals surface area contributed by atoms with Gasteiger partial charge in [0, 0.05) is 17.7 Å². The van der Waals surface area contributed by atoms with Gasteiger partial charge in [0.05, 0.1) is 11.4 Å². The molecule has 6 heteroatoms. The van der Waals surface area contributed by atoms with Crippen LogP contribution in [0.1, 0.15) is 15.9 Å². The Labute approximate surface area is 147 Å². The first-order valence-corrected chi connectivity index (χ1v) is 9.04. The fourth-order valence-corrected chi connectivity index (χ4v) is 2.99. The summed E-state index contributed by atoms with van der Waals surface area (Å²) in [4.78, 5) is 12.2. The summed E-state index contributed by atoms with van der Waals surface area (Å²) in [6.45, 7) is 3.75. The van der Waals surface area contributed by atoms with Crippen molar-refractivity contribution >= 4 is 15.9 Å². The van der Waals surface area contributed by atoms with Gasteiger partial charge in [0.15, 0.2) is 0 Å². The summed E-state index contributed by atoms with van der Waals surface area (Å²) in [5.41, 5.74) is 1.11. The van der Waals surface area contributed by atoms with Crippen LogP contribution in [0.4, 0.5) is 0 Å². The molecular formula is C19H18N2O3S. The molecule has 2 N–H and O–H groups in total. The molecule has 0 aliphatic rings. The Kier molecular flexibility index (Phi) is 6.52. The molecule has 0 heterocycles. The number of benzene rings is 2. The van der Waals surface area contributed by atoms with E-state index in [1.807, 2.05) is 30.3 Å². The lowest BCUT2D eigenvalue weighted by Gasteiger charge is -2.07. The predicted octanol–water partition coefficient (Wildman–Crippen LogP) is 1.93. The maximum absolute atomic E-state index is 12.1. The molecule has 0 bridgehead atoms. The van der Waals surface area contributed by atoms with Crippen molar-refractivity contribution < 1.29 is 13.2 Å². The summed E-state index contributed by atoms with van der Waals surface area (Å²) in [7, 11) is -3.67.